The Morgan fingerprint density at radius 1 is 1.53 bits per heavy atom. The summed E-state index contributed by atoms with van der Waals surface area (Å²) < 4.78 is 1.30. The van der Waals surface area contributed by atoms with Crippen LogP contribution in [0.1, 0.15) is 13.8 Å². The van der Waals surface area contributed by atoms with Crippen LogP contribution < -0.4 is 5.56 Å². The van der Waals surface area contributed by atoms with Crippen molar-refractivity contribution < 1.29 is 5.11 Å². The van der Waals surface area contributed by atoms with Gasteiger partial charge >= 0.3 is 0 Å². The molecule has 2 heterocycles. The number of thiophene rings is 1. The molecule has 0 aliphatic carbocycles. The SMILES string of the molecule is CC(C)(O)Cn1ncc2cscc2c1=O. The lowest BCUT2D eigenvalue weighted by Crippen LogP contribution is -2.34. The van der Waals surface area contributed by atoms with E-state index in [2.05, 4.69) is 5.10 Å². The van der Waals surface area contributed by atoms with Gasteiger partial charge in [0.15, 0.2) is 0 Å². The first-order valence-electron chi connectivity index (χ1n) is 4.62. The van der Waals surface area contributed by atoms with E-state index in [1.165, 1.54) is 16.0 Å². The number of rotatable bonds is 2. The second kappa shape index (κ2) is 3.43. The van der Waals surface area contributed by atoms with Crippen LogP contribution in [0, 0.1) is 0 Å². The maximum atomic E-state index is 11.9. The Labute approximate surface area is 90.8 Å². The lowest BCUT2D eigenvalue weighted by atomic mass is 10.1. The van der Waals surface area contributed by atoms with Gasteiger partial charge in [0, 0.05) is 16.1 Å². The summed E-state index contributed by atoms with van der Waals surface area (Å²) in [6, 6.07) is 0. The van der Waals surface area contributed by atoms with Gasteiger partial charge < -0.3 is 5.11 Å². The van der Waals surface area contributed by atoms with Crippen molar-refractivity contribution in [2.24, 2.45) is 0 Å². The summed E-state index contributed by atoms with van der Waals surface area (Å²) in [5.74, 6) is 0. The Morgan fingerprint density at radius 3 is 2.93 bits per heavy atom. The van der Waals surface area contributed by atoms with Crippen LogP contribution in [-0.2, 0) is 6.54 Å². The third kappa shape index (κ3) is 2.08. The molecule has 0 unspecified atom stereocenters. The molecule has 5 heteroatoms. The third-order valence-corrected chi connectivity index (χ3v) is 2.79. The zero-order valence-electron chi connectivity index (χ0n) is 8.60. The minimum absolute atomic E-state index is 0.143. The van der Waals surface area contributed by atoms with Gasteiger partial charge in [-0.05, 0) is 13.8 Å². The van der Waals surface area contributed by atoms with Crippen molar-refractivity contribution in [2.75, 3.05) is 0 Å². The number of hydrogen-bond donors (Lipinski definition) is 1. The Hall–Kier alpha value is -1.20. The molecule has 4 nitrogen and oxygen atoms in total. The molecule has 0 bridgehead atoms. The molecule has 2 rings (SSSR count). The fourth-order valence-corrected chi connectivity index (χ4v) is 2.16. The van der Waals surface area contributed by atoms with E-state index in [1.54, 1.807) is 25.4 Å². The summed E-state index contributed by atoms with van der Waals surface area (Å²) in [6.07, 6.45) is 1.65. The summed E-state index contributed by atoms with van der Waals surface area (Å²) in [5.41, 5.74) is -1.07. The Morgan fingerprint density at radius 2 is 2.27 bits per heavy atom. The molecule has 0 saturated heterocycles. The summed E-state index contributed by atoms with van der Waals surface area (Å²) in [7, 11) is 0. The molecule has 0 aromatic carbocycles. The Balaban J connectivity index is 2.53. The van der Waals surface area contributed by atoms with Crippen LogP contribution >= 0.6 is 11.3 Å². The molecule has 15 heavy (non-hydrogen) atoms. The van der Waals surface area contributed by atoms with Crippen molar-refractivity contribution >= 4 is 22.1 Å². The van der Waals surface area contributed by atoms with Gasteiger partial charge in [0.25, 0.3) is 5.56 Å². The molecule has 80 valence electrons. The molecule has 0 radical (unpaired) electrons. The molecular formula is C10H12N2O2S. The zero-order valence-corrected chi connectivity index (χ0v) is 9.41. The van der Waals surface area contributed by atoms with E-state index < -0.39 is 5.60 Å². The quantitative estimate of drug-likeness (QED) is 0.834. The lowest BCUT2D eigenvalue weighted by Gasteiger charge is -2.17. The second-order valence-corrected chi connectivity index (χ2v) is 4.90. The van der Waals surface area contributed by atoms with Gasteiger partial charge in [-0.1, -0.05) is 0 Å². The number of fused-ring (bicyclic) bond motifs is 1. The van der Waals surface area contributed by atoms with Crippen LogP contribution in [0.15, 0.2) is 21.8 Å². The predicted molar refractivity (Wildman–Crippen MR) is 60.2 cm³/mol. The Bertz CT molecular complexity index is 536. The molecule has 0 amide bonds. The number of aromatic nitrogens is 2. The molecule has 0 aliphatic heterocycles. The summed E-state index contributed by atoms with van der Waals surface area (Å²) >= 11 is 1.48. The van der Waals surface area contributed by atoms with Gasteiger partial charge in [0.2, 0.25) is 0 Å². The highest BCUT2D eigenvalue weighted by Gasteiger charge is 2.15. The van der Waals surface area contributed by atoms with Crippen molar-refractivity contribution in [3.63, 3.8) is 0 Å². The van der Waals surface area contributed by atoms with E-state index >= 15 is 0 Å². The van der Waals surface area contributed by atoms with Gasteiger partial charge in [0.05, 0.1) is 23.7 Å². The van der Waals surface area contributed by atoms with Gasteiger partial charge in [-0.2, -0.15) is 16.4 Å². The Kier molecular flexibility index (Phi) is 2.36. The van der Waals surface area contributed by atoms with Crippen LogP contribution in [0.5, 0.6) is 0 Å². The van der Waals surface area contributed by atoms with Crippen molar-refractivity contribution in [1.29, 1.82) is 0 Å². The average Bonchev–Trinajstić information content (AvgIpc) is 2.56. The molecule has 0 aliphatic rings. The van der Waals surface area contributed by atoms with E-state index in [0.29, 0.717) is 5.39 Å². The molecule has 0 atom stereocenters. The van der Waals surface area contributed by atoms with E-state index in [-0.39, 0.29) is 12.1 Å². The number of aliphatic hydroxyl groups is 1. The van der Waals surface area contributed by atoms with E-state index in [1.807, 2.05) is 5.38 Å². The van der Waals surface area contributed by atoms with Crippen LogP contribution in [0.4, 0.5) is 0 Å². The highest BCUT2D eigenvalue weighted by Crippen LogP contribution is 2.13. The first-order valence-corrected chi connectivity index (χ1v) is 5.56. The maximum absolute atomic E-state index is 11.9. The number of hydrogen-bond acceptors (Lipinski definition) is 4. The highest BCUT2D eigenvalue weighted by molar-refractivity contribution is 7.09. The first-order chi connectivity index (χ1) is 6.97. The van der Waals surface area contributed by atoms with Crippen molar-refractivity contribution in [2.45, 2.75) is 26.0 Å². The standard InChI is InChI=1S/C10H12N2O2S/c1-10(2,14)6-12-9(13)8-5-15-4-7(8)3-11-12/h3-5,14H,6H2,1-2H3. The summed E-state index contributed by atoms with van der Waals surface area (Å²) in [4.78, 5) is 11.9. The van der Waals surface area contributed by atoms with Crippen LogP contribution in [-0.4, -0.2) is 20.5 Å². The fourth-order valence-electron chi connectivity index (χ4n) is 1.38. The largest absolute Gasteiger partial charge is 0.389 e. The minimum Gasteiger partial charge on any atom is -0.389 e. The van der Waals surface area contributed by atoms with Gasteiger partial charge in [-0.15, -0.1) is 0 Å². The summed E-state index contributed by atoms with van der Waals surface area (Å²) in [5, 5.41) is 18.9. The monoisotopic (exact) mass is 224 g/mol. The lowest BCUT2D eigenvalue weighted by molar-refractivity contribution is 0.0563. The van der Waals surface area contributed by atoms with Crippen LogP contribution in [0.2, 0.25) is 0 Å². The molecule has 0 saturated carbocycles. The van der Waals surface area contributed by atoms with E-state index in [0.717, 1.165) is 5.39 Å². The first kappa shape index (κ1) is 10.3. The topological polar surface area (TPSA) is 55.1 Å². The molecule has 2 aromatic heterocycles. The second-order valence-electron chi connectivity index (χ2n) is 4.16. The van der Waals surface area contributed by atoms with Crippen molar-refractivity contribution in [3.05, 3.63) is 27.3 Å². The highest BCUT2D eigenvalue weighted by atomic mass is 32.1. The van der Waals surface area contributed by atoms with E-state index in [4.69, 9.17) is 0 Å². The van der Waals surface area contributed by atoms with E-state index in [9.17, 15) is 9.90 Å². The molecule has 0 fully saturated rings. The van der Waals surface area contributed by atoms with Crippen LogP contribution in [0.25, 0.3) is 10.8 Å². The number of nitrogens with zero attached hydrogens (tertiary/aromatic N) is 2. The van der Waals surface area contributed by atoms with Gasteiger partial charge in [-0.3, -0.25) is 4.79 Å². The maximum Gasteiger partial charge on any atom is 0.275 e. The van der Waals surface area contributed by atoms with Crippen molar-refractivity contribution in [1.82, 2.24) is 9.78 Å². The molecule has 0 spiro atoms. The average molecular weight is 224 g/mol. The smallest absolute Gasteiger partial charge is 0.275 e. The minimum atomic E-state index is -0.930. The van der Waals surface area contributed by atoms with Crippen molar-refractivity contribution in [3.8, 4) is 0 Å². The van der Waals surface area contributed by atoms with Gasteiger partial charge in [-0.25, -0.2) is 4.68 Å². The van der Waals surface area contributed by atoms with Gasteiger partial charge in [0.1, 0.15) is 0 Å². The van der Waals surface area contributed by atoms with Crippen LogP contribution in [0.3, 0.4) is 0 Å². The normalized spacial score (nSPS) is 12.2. The molecular weight excluding hydrogens is 212 g/mol. The fraction of sp³-hybridized carbons (Fsp3) is 0.400. The zero-order chi connectivity index (χ0) is 11.1. The summed E-state index contributed by atoms with van der Waals surface area (Å²) in [6.45, 7) is 3.51. The molecule has 1 N–H and O–H groups in total. The molecule has 2 aromatic rings. The third-order valence-electron chi connectivity index (χ3n) is 2.03. The predicted octanol–water partition coefficient (Wildman–Crippen LogP) is 1.23.